The lowest BCUT2D eigenvalue weighted by molar-refractivity contribution is 0.142. The van der Waals surface area contributed by atoms with Gasteiger partial charge in [-0.25, -0.2) is 4.98 Å². The maximum Gasteiger partial charge on any atom is 0.0930 e. The van der Waals surface area contributed by atoms with Crippen molar-refractivity contribution in [2.45, 2.75) is 51.8 Å². The molecule has 1 aromatic heterocycles. The Kier molecular flexibility index (Phi) is 4.14. The SMILES string of the molecule is CC1CCC(C(C)(C)Cc2nccs2)C(Cl)C1. The zero-order valence-electron chi connectivity index (χ0n) is 10.9. The van der Waals surface area contributed by atoms with E-state index in [-0.39, 0.29) is 5.41 Å². The lowest BCUT2D eigenvalue weighted by atomic mass is 9.67. The molecule has 1 heterocycles. The number of thiazole rings is 1. The molecule has 3 atom stereocenters. The van der Waals surface area contributed by atoms with Crippen LogP contribution in [0.1, 0.15) is 45.0 Å². The van der Waals surface area contributed by atoms with Crippen molar-refractivity contribution >= 4 is 22.9 Å². The third kappa shape index (κ3) is 3.23. The van der Waals surface area contributed by atoms with Crippen LogP contribution in [-0.2, 0) is 6.42 Å². The third-order valence-electron chi connectivity index (χ3n) is 4.13. The molecule has 1 fully saturated rings. The summed E-state index contributed by atoms with van der Waals surface area (Å²) >= 11 is 8.35. The topological polar surface area (TPSA) is 12.9 Å². The van der Waals surface area contributed by atoms with Gasteiger partial charge in [0.25, 0.3) is 0 Å². The minimum atomic E-state index is 0.268. The summed E-state index contributed by atoms with van der Waals surface area (Å²) in [5.41, 5.74) is 0.268. The highest BCUT2D eigenvalue weighted by molar-refractivity contribution is 7.09. The monoisotopic (exact) mass is 271 g/mol. The first kappa shape index (κ1) is 13.4. The molecule has 0 spiro atoms. The number of hydrogen-bond acceptors (Lipinski definition) is 2. The van der Waals surface area contributed by atoms with Gasteiger partial charge in [0.15, 0.2) is 0 Å². The summed E-state index contributed by atoms with van der Waals surface area (Å²) in [7, 11) is 0. The molecule has 0 aromatic carbocycles. The van der Waals surface area contributed by atoms with Crippen molar-refractivity contribution < 1.29 is 0 Å². The van der Waals surface area contributed by atoms with Crippen LogP contribution < -0.4 is 0 Å². The zero-order valence-corrected chi connectivity index (χ0v) is 12.5. The summed E-state index contributed by atoms with van der Waals surface area (Å²) in [6.45, 7) is 7.02. The van der Waals surface area contributed by atoms with Gasteiger partial charge in [0.05, 0.1) is 5.01 Å². The van der Waals surface area contributed by atoms with E-state index in [1.807, 2.05) is 6.20 Å². The van der Waals surface area contributed by atoms with E-state index < -0.39 is 0 Å². The summed E-state index contributed by atoms with van der Waals surface area (Å²) < 4.78 is 0. The minimum Gasteiger partial charge on any atom is -0.250 e. The molecule has 1 aromatic rings. The highest BCUT2D eigenvalue weighted by Gasteiger charge is 2.38. The first-order chi connectivity index (χ1) is 7.99. The number of rotatable bonds is 3. The second kappa shape index (κ2) is 5.27. The summed E-state index contributed by atoms with van der Waals surface area (Å²) in [5, 5.41) is 3.65. The molecule has 0 saturated heterocycles. The Morgan fingerprint density at radius 1 is 1.47 bits per heavy atom. The van der Waals surface area contributed by atoms with Gasteiger partial charge in [0, 0.05) is 23.4 Å². The average molecular weight is 272 g/mol. The fraction of sp³-hybridized carbons (Fsp3) is 0.786. The third-order valence-corrected chi connectivity index (χ3v) is 5.39. The molecule has 0 aliphatic heterocycles. The molecule has 0 radical (unpaired) electrons. The van der Waals surface area contributed by atoms with Crippen LogP contribution in [-0.4, -0.2) is 10.4 Å². The van der Waals surface area contributed by atoms with Crippen LogP contribution in [0.25, 0.3) is 0 Å². The fourth-order valence-electron chi connectivity index (χ4n) is 3.05. The van der Waals surface area contributed by atoms with Gasteiger partial charge >= 0.3 is 0 Å². The number of alkyl halides is 1. The van der Waals surface area contributed by atoms with E-state index in [1.165, 1.54) is 24.3 Å². The van der Waals surface area contributed by atoms with E-state index in [0.29, 0.717) is 11.3 Å². The Labute approximate surface area is 114 Å². The maximum atomic E-state index is 6.59. The van der Waals surface area contributed by atoms with Crippen molar-refractivity contribution in [3.8, 4) is 0 Å². The molecule has 96 valence electrons. The number of hydrogen-bond donors (Lipinski definition) is 0. The maximum absolute atomic E-state index is 6.59. The second-order valence-corrected chi connectivity index (χ2v) is 7.67. The molecule has 0 N–H and O–H groups in total. The quantitative estimate of drug-likeness (QED) is 0.723. The normalized spacial score (nSPS) is 30.5. The Bertz CT molecular complexity index is 347. The molecule has 0 amide bonds. The summed E-state index contributed by atoms with van der Waals surface area (Å²) in [6.07, 6.45) is 6.74. The Balaban J connectivity index is 2.04. The summed E-state index contributed by atoms with van der Waals surface area (Å²) in [4.78, 5) is 4.41. The van der Waals surface area contributed by atoms with Crippen LogP contribution in [0.4, 0.5) is 0 Å². The van der Waals surface area contributed by atoms with Gasteiger partial charge in [0.2, 0.25) is 0 Å². The molecule has 1 nitrogen and oxygen atoms in total. The minimum absolute atomic E-state index is 0.268. The van der Waals surface area contributed by atoms with Crippen LogP contribution >= 0.6 is 22.9 Å². The molecule has 1 aliphatic carbocycles. The van der Waals surface area contributed by atoms with Gasteiger partial charge in [-0.3, -0.25) is 0 Å². The van der Waals surface area contributed by atoms with E-state index >= 15 is 0 Å². The first-order valence-electron chi connectivity index (χ1n) is 6.51. The van der Waals surface area contributed by atoms with E-state index in [0.717, 1.165) is 12.3 Å². The molecule has 0 bridgehead atoms. The Morgan fingerprint density at radius 2 is 2.24 bits per heavy atom. The zero-order chi connectivity index (χ0) is 12.5. The van der Waals surface area contributed by atoms with Crippen molar-refractivity contribution in [2.24, 2.45) is 17.3 Å². The van der Waals surface area contributed by atoms with Gasteiger partial charge < -0.3 is 0 Å². The molecule has 17 heavy (non-hydrogen) atoms. The van der Waals surface area contributed by atoms with Gasteiger partial charge in [-0.1, -0.05) is 27.2 Å². The van der Waals surface area contributed by atoms with Crippen LogP contribution in [0, 0.1) is 17.3 Å². The molecular weight excluding hydrogens is 250 g/mol. The Hall–Kier alpha value is -0.0800. The van der Waals surface area contributed by atoms with Gasteiger partial charge in [-0.05, 0) is 30.1 Å². The fourth-order valence-corrected chi connectivity index (χ4v) is 4.68. The van der Waals surface area contributed by atoms with Crippen molar-refractivity contribution in [1.82, 2.24) is 4.98 Å². The van der Waals surface area contributed by atoms with Crippen molar-refractivity contribution in [1.29, 1.82) is 0 Å². The van der Waals surface area contributed by atoms with Crippen LogP contribution in [0.5, 0.6) is 0 Å². The first-order valence-corrected chi connectivity index (χ1v) is 7.83. The molecule has 2 rings (SSSR count). The molecule has 3 unspecified atom stereocenters. The van der Waals surface area contributed by atoms with Gasteiger partial charge in [-0.15, -0.1) is 22.9 Å². The largest absolute Gasteiger partial charge is 0.250 e. The van der Waals surface area contributed by atoms with E-state index in [2.05, 4.69) is 31.1 Å². The smallest absolute Gasteiger partial charge is 0.0930 e. The molecular formula is C14H22ClNS. The number of halogens is 1. The summed E-state index contributed by atoms with van der Waals surface area (Å²) in [5.74, 6) is 1.42. The predicted molar refractivity (Wildman–Crippen MR) is 75.7 cm³/mol. The predicted octanol–water partition coefficient (Wildman–Crippen LogP) is 4.76. The van der Waals surface area contributed by atoms with Crippen LogP contribution in [0.3, 0.4) is 0 Å². The molecule has 3 heteroatoms. The van der Waals surface area contributed by atoms with E-state index in [1.54, 1.807) is 11.3 Å². The lowest BCUT2D eigenvalue weighted by Gasteiger charge is -2.41. The van der Waals surface area contributed by atoms with Gasteiger partial charge in [-0.2, -0.15) is 0 Å². The number of nitrogens with zero attached hydrogens (tertiary/aromatic N) is 1. The standard InChI is InChI=1S/C14H22ClNS/c1-10-4-5-11(12(15)8-10)14(2,3)9-13-16-6-7-17-13/h6-7,10-12H,4-5,8-9H2,1-3H3. The number of aromatic nitrogens is 1. The van der Waals surface area contributed by atoms with Crippen LogP contribution in [0.2, 0.25) is 0 Å². The average Bonchev–Trinajstić information content (AvgIpc) is 2.68. The lowest BCUT2D eigenvalue weighted by Crippen LogP contribution is -2.37. The van der Waals surface area contributed by atoms with Crippen molar-refractivity contribution in [2.75, 3.05) is 0 Å². The van der Waals surface area contributed by atoms with Crippen molar-refractivity contribution in [3.05, 3.63) is 16.6 Å². The molecule has 1 saturated carbocycles. The highest BCUT2D eigenvalue weighted by atomic mass is 35.5. The van der Waals surface area contributed by atoms with E-state index in [9.17, 15) is 0 Å². The van der Waals surface area contributed by atoms with Crippen LogP contribution in [0.15, 0.2) is 11.6 Å². The molecule has 1 aliphatic rings. The van der Waals surface area contributed by atoms with E-state index in [4.69, 9.17) is 11.6 Å². The summed E-state index contributed by atoms with van der Waals surface area (Å²) in [6, 6.07) is 0. The second-order valence-electron chi connectivity index (χ2n) is 6.13. The Morgan fingerprint density at radius 3 is 2.82 bits per heavy atom. The van der Waals surface area contributed by atoms with Crippen molar-refractivity contribution in [3.63, 3.8) is 0 Å². The van der Waals surface area contributed by atoms with Gasteiger partial charge in [0.1, 0.15) is 0 Å². The highest BCUT2D eigenvalue weighted by Crippen LogP contribution is 2.44.